The van der Waals surface area contributed by atoms with Crippen LogP contribution in [0.5, 0.6) is 0 Å². The van der Waals surface area contributed by atoms with Crippen LogP contribution in [0.1, 0.15) is 59.8 Å². The van der Waals surface area contributed by atoms with Crippen molar-refractivity contribution in [1.29, 1.82) is 0 Å². The van der Waals surface area contributed by atoms with Crippen molar-refractivity contribution in [1.82, 2.24) is 4.90 Å². The van der Waals surface area contributed by atoms with Crippen LogP contribution in [-0.2, 0) is 4.79 Å². The van der Waals surface area contributed by atoms with Crippen LogP contribution in [0.3, 0.4) is 0 Å². The minimum absolute atomic E-state index is 0.283. The van der Waals surface area contributed by atoms with Gasteiger partial charge < -0.3 is 4.90 Å². The molecular weight excluding hydrogens is 198 g/mol. The van der Waals surface area contributed by atoms with Crippen LogP contribution in [0.15, 0.2) is 0 Å². The molecular formula is C14H27NO. The minimum Gasteiger partial charge on any atom is -0.343 e. The summed E-state index contributed by atoms with van der Waals surface area (Å²) in [5.74, 6) is 1.01. The van der Waals surface area contributed by atoms with Gasteiger partial charge in [-0.2, -0.15) is 0 Å². The predicted octanol–water partition coefficient (Wildman–Crippen LogP) is 3.46. The maximum Gasteiger partial charge on any atom is 0.222 e. The summed E-state index contributed by atoms with van der Waals surface area (Å²) in [7, 11) is 0. The molecule has 0 saturated carbocycles. The second kappa shape index (κ2) is 5.70. The Morgan fingerprint density at radius 2 is 1.75 bits per heavy atom. The summed E-state index contributed by atoms with van der Waals surface area (Å²) in [6, 6.07) is 0. The molecule has 1 saturated heterocycles. The van der Waals surface area contributed by atoms with E-state index in [2.05, 4.69) is 32.6 Å². The van der Waals surface area contributed by atoms with Crippen molar-refractivity contribution in [3.8, 4) is 0 Å². The van der Waals surface area contributed by atoms with Gasteiger partial charge in [-0.05, 0) is 37.0 Å². The zero-order valence-electron chi connectivity index (χ0n) is 11.4. The maximum atomic E-state index is 12.0. The lowest BCUT2D eigenvalue weighted by Gasteiger charge is -2.31. The molecule has 1 amide bonds. The standard InChI is InChI=1S/C14H27NO/c1-12(2)14(3,4)9-8-13(16)15-10-6-5-7-11-15/h12H,5-11H2,1-4H3. The Morgan fingerprint density at radius 3 is 2.25 bits per heavy atom. The molecule has 0 N–H and O–H groups in total. The van der Waals surface area contributed by atoms with Crippen molar-refractivity contribution < 1.29 is 4.79 Å². The zero-order valence-corrected chi connectivity index (χ0v) is 11.4. The Morgan fingerprint density at radius 1 is 1.19 bits per heavy atom. The third kappa shape index (κ3) is 3.80. The first-order valence-electron chi connectivity index (χ1n) is 6.71. The Labute approximate surface area is 100 Å². The quantitative estimate of drug-likeness (QED) is 0.717. The van der Waals surface area contributed by atoms with Gasteiger partial charge in [0.05, 0.1) is 0 Å². The molecule has 1 aliphatic rings. The fourth-order valence-electron chi connectivity index (χ4n) is 2.02. The van der Waals surface area contributed by atoms with Crippen molar-refractivity contribution >= 4 is 5.91 Å². The van der Waals surface area contributed by atoms with E-state index in [0.717, 1.165) is 25.9 Å². The number of hydrogen-bond acceptors (Lipinski definition) is 1. The normalized spacial score (nSPS) is 17.9. The first-order chi connectivity index (χ1) is 7.43. The molecule has 0 aromatic rings. The number of likely N-dealkylation sites (tertiary alicyclic amines) is 1. The number of carbonyl (C=O) groups is 1. The highest BCUT2D eigenvalue weighted by Gasteiger charge is 2.25. The van der Waals surface area contributed by atoms with Crippen LogP contribution in [0.2, 0.25) is 0 Å². The number of piperidine rings is 1. The molecule has 2 heteroatoms. The van der Waals surface area contributed by atoms with Gasteiger partial charge in [-0.1, -0.05) is 27.7 Å². The topological polar surface area (TPSA) is 20.3 Å². The van der Waals surface area contributed by atoms with Crippen molar-refractivity contribution in [3.63, 3.8) is 0 Å². The number of amides is 1. The van der Waals surface area contributed by atoms with Gasteiger partial charge in [0.15, 0.2) is 0 Å². The van der Waals surface area contributed by atoms with Gasteiger partial charge >= 0.3 is 0 Å². The van der Waals surface area contributed by atoms with E-state index in [-0.39, 0.29) is 5.41 Å². The minimum atomic E-state index is 0.283. The Hall–Kier alpha value is -0.530. The summed E-state index contributed by atoms with van der Waals surface area (Å²) in [5.41, 5.74) is 0.283. The molecule has 1 aliphatic heterocycles. The highest BCUT2D eigenvalue weighted by molar-refractivity contribution is 5.76. The molecule has 1 fully saturated rings. The fraction of sp³-hybridized carbons (Fsp3) is 0.929. The highest BCUT2D eigenvalue weighted by Crippen LogP contribution is 2.31. The largest absolute Gasteiger partial charge is 0.343 e. The average molecular weight is 225 g/mol. The highest BCUT2D eigenvalue weighted by atomic mass is 16.2. The average Bonchev–Trinajstić information content (AvgIpc) is 2.27. The fourth-order valence-corrected chi connectivity index (χ4v) is 2.02. The monoisotopic (exact) mass is 225 g/mol. The Kier molecular flexibility index (Phi) is 4.82. The predicted molar refractivity (Wildman–Crippen MR) is 68.3 cm³/mol. The number of hydrogen-bond donors (Lipinski definition) is 0. The molecule has 2 nitrogen and oxygen atoms in total. The molecule has 0 bridgehead atoms. The summed E-state index contributed by atoms with van der Waals surface area (Å²) in [6.45, 7) is 11.0. The smallest absolute Gasteiger partial charge is 0.222 e. The van der Waals surface area contributed by atoms with E-state index in [1.54, 1.807) is 0 Å². The van der Waals surface area contributed by atoms with Crippen LogP contribution in [-0.4, -0.2) is 23.9 Å². The van der Waals surface area contributed by atoms with Gasteiger partial charge in [-0.3, -0.25) is 4.79 Å². The second-order valence-corrected chi connectivity index (χ2v) is 6.08. The summed E-state index contributed by atoms with van der Waals surface area (Å²) < 4.78 is 0. The zero-order chi connectivity index (χ0) is 12.2. The Balaban J connectivity index is 2.34. The lowest BCUT2D eigenvalue weighted by atomic mass is 9.77. The molecule has 0 unspecified atom stereocenters. The lowest BCUT2D eigenvalue weighted by molar-refractivity contribution is -0.132. The lowest BCUT2D eigenvalue weighted by Crippen LogP contribution is -2.36. The van der Waals surface area contributed by atoms with E-state index in [1.165, 1.54) is 19.3 Å². The number of nitrogens with zero attached hydrogens (tertiary/aromatic N) is 1. The second-order valence-electron chi connectivity index (χ2n) is 6.08. The summed E-state index contributed by atoms with van der Waals surface area (Å²) in [4.78, 5) is 14.0. The van der Waals surface area contributed by atoms with Crippen molar-refractivity contribution in [3.05, 3.63) is 0 Å². The Bertz CT molecular complexity index is 227. The van der Waals surface area contributed by atoms with E-state index in [4.69, 9.17) is 0 Å². The maximum absolute atomic E-state index is 12.0. The van der Waals surface area contributed by atoms with E-state index in [0.29, 0.717) is 11.8 Å². The summed E-state index contributed by atoms with van der Waals surface area (Å²) >= 11 is 0. The number of rotatable bonds is 4. The van der Waals surface area contributed by atoms with Crippen LogP contribution >= 0.6 is 0 Å². The molecule has 16 heavy (non-hydrogen) atoms. The van der Waals surface area contributed by atoms with Crippen molar-refractivity contribution in [2.45, 2.75) is 59.8 Å². The van der Waals surface area contributed by atoms with E-state index in [1.807, 2.05) is 0 Å². The first kappa shape index (κ1) is 13.5. The third-order valence-corrected chi connectivity index (χ3v) is 4.25. The molecule has 1 rings (SSSR count). The van der Waals surface area contributed by atoms with Gasteiger partial charge in [-0.25, -0.2) is 0 Å². The summed E-state index contributed by atoms with van der Waals surface area (Å²) in [5, 5.41) is 0. The van der Waals surface area contributed by atoms with Gasteiger partial charge in [0.1, 0.15) is 0 Å². The van der Waals surface area contributed by atoms with Crippen molar-refractivity contribution in [2.24, 2.45) is 11.3 Å². The molecule has 94 valence electrons. The molecule has 0 radical (unpaired) electrons. The van der Waals surface area contributed by atoms with E-state index in [9.17, 15) is 4.79 Å². The molecule has 0 aromatic carbocycles. The molecule has 0 aliphatic carbocycles. The number of carbonyl (C=O) groups excluding carboxylic acids is 1. The van der Waals surface area contributed by atoms with Gasteiger partial charge in [-0.15, -0.1) is 0 Å². The first-order valence-corrected chi connectivity index (χ1v) is 6.71. The SMILES string of the molecule is CC(C)C(C)(C)CCC(=O)N1CCCCC1. The molecule has 1 heterocycles. The summed E-state index contributed by atoms with van der Waals surface area (Å²) in [6.07, 6.45) is 5.42. The molecule has 0 spiro atoms. The van der Waals surface area contributed by atoms with Crippen LogP contribution < -0.4 is 0 Å². The van der Waals surface area contributed by atoms with Crippen LogP contribution in [0.4, 0.5) is 0 Å². The van der Waals surface area contributed by atoms with Crippen LogP contribution in [0.25, 0.3) is 0 Å². The van der Waals surface area contributed by atoms with Gasteiger partial charge in [0.25, 0.3) is 0 Å². The third-order valence-electron chi connectivity index (χ3n) is 4.25. The van der Waals surface area contributed by atoms with E-state index >= 15 is 0 Å². The van der Waals surface area contributed by atoms with Crippen LogP contribution in [0, 0.1) is 11.3 Å². The van der Waals surface area contributed by atoms with E-state index < -0.39 is 0 Å². The van der Waals surface area contributed by atoms with Gasteiger partial charge in [0, 0.05) is 19.5 Å². The van der Waals surface area contributed by atoms with Crippen molar-refractivity contribution in [2.75, 3.05) is 13.1 Å². The molecule has 0 aromatic heterocycles. The van der Waals surface area contributed by atoms with Gasteiger partial charge in [0.2, 0.25) is 5.91 Å². The molecule has 0 atom stereocenters.